The van der Waals surface area contributed by atoms with Gasteiger partial charge < -0.3 is 15.2 Å². The zero-order valence-corrected chi connectivity index (χ0v) is 17.4. The maximum Gasteiger partial charge on any atom is 0.416 e. The number of benzene rings is 1. The van der Waals surface area contributed by atoms with Crippen LogP contribution in [0.1, 0.15) is 17.0 Å². The Labute approximate surface area is 185 Å². The zero-order valence-electron chi connectivity index (χ0n) is 17.4. The summed E-state index contributed by atoms with van der Waals surface area (Å²) in [6.45, 7) is 4.68. The first-order valence-electron chi connectivity index (χ1n) is 10.3. The number of aromatic nitrogens is 2. The van der Waals surface area contributed by atoms with Gasteiger partial charge in [0.05, 0.1) is 17.7 Å². The smallest absolute Gasteiger partial charge is 0.348 e. The second kappa shape index (κ2) is 8.86. The number of carbonyl (C=O) groups is 1. The van der Waals surface area contributed by atoms with Crippen molar-refractivity contribution in [2.24, 2.45) is 0 Å². The fourth-order valence-electron chi connectivity index (χ4n) is 3.96. The Morgan fingerprint density at radius 1 is 1.00 bits per heavy atom. The van der Waals surface area contributed by atoms with E-state index in [0.717, 1.165) is 38.5 Å². The van der Waals surface area contributed by atoms with Crippen molar-refractivity contribution < 1.29 is 31.1 Å². The standard InChI is InChI=1S/C20H22F6N6O/c21-19(22,23)13-7-14(20(24,25)26)9-15(8-13)29-18(33)32-10-16(11-32)31-5-3-30(4-6-31)12-17-27-1-2-28-17/h1-2,7-9,16H,3-6,10-12H2,(H,27,28)(H,29,33). The molecule has 2 aromatic rings. The van der Waals surface area contributed by atoms with Crippen LogP contribution < -0.4 is 5.32 Å². The van der Waals surface area contributed by atoms with Crippen LogP contribution in [0.25, 0.3) is 0 Å². The number of rotatable bonds is 4. The summed E-state index contributed by atoms with van der Waals surface area (Å²) in [5.41, 5.74) is -3.49. The third-order valence-corrected chi connectivity index (χ3v) is 5.84. The fourth-order valence-corrected chi connectivity index (χ4v) is 3.96. The molecular weight excluding hydrogens is 454 g/mol. The molecule has 0 spiro atoms. The summed E-state index contributed by atoms with van der Waals surface area (Å²) < 4.78 is 78.0. The average molecular weight is 476 g/mol. The lowest BCUT2D eigenvalue weighted by molar-refractivity contribution is -0.143. The van der Waals surface area contributed by atoms with Gasteiger partial charge in [-0.1, -0.05) is 0 Å². The third-order valence-electron chi connectivity index (χ3n) is 5.84. The Morgan fingerprint density at radius 2 is 1.61 bits per heavy atom. The number of urea groups is 1. The summed E-state index contributed by atoms with van der Waals surface area (Å²) in [4.78, 5) is 25.5. The van der Waals surface area contributed by atoms with Gasteiger partial charge in [-0.15, -0.1) is 0 Å². The molecule has 2 aliphatic heterocycles. The van der Waals surface area contributed by atoms with Gasteiger partial charge in [0.15, 0.2) is 0 Å². The number of halogens is 6. The van der Waals surface area contributed by atoms with Crippen LogP contribution in [0.3, 0.4) is 0 Å². The summed E-state index contributed by atoms with van der Waals surface area (Å²) in [7, 11) is 0. The Kier molecular flexibility index (Phi) is 6.27. The Balaban J connectivity index is 1.30. The number of likely N-dealkylation sites (tertiary alicyclic amines) is 1. The maximum atomic E-state index is 13.0. The Bertz CT molecular complexity index is 930. The van der Waals surface area contributed by atoms with Gasteiger partial charge in [0, 0.05) is 63.4 Å². The first-order chi connectivity index (χ1) is 15.5. The first-order valence-corrected chi connectivity index (χ1v) is 10.3. The molecule has 3 heterocycles. The van der Waals surface area contributed by atoms with E-state index < -0.39 is 35.2 Å². The topological polar surface area (TPSA) is 67.5 Å². The normalized spacial score (nSPS) is 18.9. The summed E-state index contributed by atoms with van der Waals surface area (Å²) in [6, 6.07) is 0.413. The van der Waals surface area contributed by atoms with Crippen molar-refractivity contribution in [1.29, 1.82) is 0 Å². The highest BCUT2D eigenvalue weighted by Gasteiger charge is 2.39. The summed E-state index contributed by atoms with van der Waals surface area (Å²) in [6.07, 6.45) is -6.48. The highest BCUT2D eigenvalue weighted by molar-refractivity contribution is 5.90. The minimum Gasteiger partial charge on any atom is -0.348 e. The molecule has 13 heteroatoms. The van der Waals surface area contributed by atoms with Crippen molar-refractivity contribution in [3.63, 3.8) is 0 Å². The molecule has 2 saturated heterocycles. The molecule has 0 radical (unpaired) electrons. The Hall–Kier alpha value is -2.80. The monoisotopic (exact) mass is 476 g/mol. The zero-order chi connectivity index (χ0) is 23.8. The number of H-pyrrole nitrogens is 1. The van der Waals surface area contributed by atoms with Crippen LogP contribution in [-0.4, -0.2) is 76.0 Å². The first kappa shape index (κ1) is 23.4. The number of nitrogens with zero attached hydrogens (tertiary/aromatic N) is 4. The number of imidazole rings is 1. The van der Waals surface area contributed by atoms with Crippen LogP contribution in [0, 0.1) is 0 Å². The summed E-state index contributed by atoms with van der Waals surface area (Å²) in [5.74, 6) is 0.887. The highest BCUT2D eigenvalue weighted by Crippen LogP contribution is 2.37. The quantitative estimate of drug-likeness (QED) is 0.664. The molecule has 2 fully saturated rings. The molecule has 2 amide bonds. The molecule has 0 saturated carbocycles. The lowest BCUT2D eigenvalue weighted by atomic mass is 10.1. The fraction of sp³-hybridized carbons (Fsp3) is 0.500. The van der Waals surface area contributed by atoms with Crippen LogP contribution in [0.4, 0.5) is 36.8 Å². The minimum absolute atomic E-state index is 0.0286. The van der Waals surface area contributed by atoms with E-state index in [9.17, 15) is 31.1 Å². The lowest BCUT2D eigenvalue weighted by Gasteiger charge is -2.47. The van der Waals surface area contributed by atoms with Crippen molar-refractivity contribution in [1.82, 2.24) is 24.7 Å². The van der Waals surface area contributed by atoms with Gasteiger partial charge in [-0.3, -0.25) is 9.80 Å². The minimum atomic E-state index is -4.97. The summed E-state index contributed by atoms with van der Waals surface area (Å²) >= 11 is 0. The van der Waals surface area contributed by atoms with E-state index >= 15 is 0 Å². The van der Waals surface area contributed by atoms with E-state index in [0.29, 0.717) is 25.2 Å². The van der Waals surface area contributed by atoms with Crippen molar-refractivity contribution in [2.75, 3.05) is 44.6 Å². The number of anilines is 1. The van der Waals surface area contributed by atoms with E-state index in [1.165, 1.54) is 4.90 Å². The third kappa shape index (κ3) is 5.58. The van der Waals surface area contributed by atoms with E-state index in [-0.39, 0.29) is 12.1 Å². The molecule has 180 valence electrons. The second-order valence-electron chi connectivity index (χ2n) is 8.13. The maximum absolute atomic E-state index is 13.0. The molecule has 0 aliphatic carbocycles. The van der Waals surface area contributed by atoms with E-state index in [1.54, 1.807) is 12.4 Å². The van der Waals surface area contributed by atoms with Crippen LogP contribution in [0.15, 0.2) is 30.6 Å². The molecule has 2 aliphatic rings. The second-order valence-corrected chi connectivity index (χ2v) is 8.13. The molecule has 0 atom stereocenters. The molecular formula is C20H22F6N6O. The van der Waals surface area contributed by atoms with Gasteiger partial charge in [-0.2, -0.15) is 26.3 Å². The van der Waals surface area contributed by atoms with Crippen molar-refractivity contribution in [3.8, 4) is 0 Å². The van der Waals surface area contributed by atoms with Crippen molar-refractivity contribution in [2.45, 2.75) is 24.9 Å². The van der Waals surface area contributed by atoms with Crippen LogP contribution in [-0.2, 0) is 18.9 Å². The van der Waals surface area contributed by atoms with Gasteiger partial charge in [0.1, 0.15) is 5.82 Å². The number of hydrogen-bond acceptors (Lipinski definition) is 4. The predicted octanol–water partition coefficient (Wildman–Crippen LogP) is 3.48. The number of piperazine rings is 1. The number of nitrogens with one attached hydrogen (secondary N) is 2. The lowest BCUT2D eigenvalue weighted by Crippen LogP contribution is -2.64. The van der Waals surface area contributed by atoms with Gasteiger partial charge in [0.2, 0.25) is 0 Å². The number of hydrogen-bond donors (Lipinski definition) is 2. The van der Waals surface area contributed by atoms with E-state index in [1.807, 2.05) is 0 Å². The predicted molar refractivity (Wildman–Crippen MR) is 106 cm³/mol. The summed E-state index contributed by atoms with van der Waals surface area (Å²) in [5, 5.41) is 2.17. The molecule has 33 heavy (non-hydrogen) atoms. The van der Waals surface area contributed by atoms with Crippen LogP contribution >= 0.6 is 0 Å². The largest absolute Gasteiger partial charge is 0.416 e. The number of aromatic amines is 1. The van der Waals surface area contributed by atoms with Crippen molar-refractivity contribution >= 4 is 11.7 Å². The number of amides is 2. The van der Waals surface area contributed by atoms with Gasteiger partial charge in [-0.25, -0.2) is 9.78 Å². The van der Waals surface area contributed by atoms with E-state index in [2.05, 4.69) is 25.1 Å². The van der Waals surface area contributed by atoms with Gasteiger partial charge >= 0.3 is 18.4 Å². The Morgan fingerprint density at radius 3 is 2.12 bits per heavy atom. The highest BCUT2D eigenvalue weighted by atomic mass is 19.4. The molecule has 1 aromatic heterocycles. The molecule has 4 rings (SSSR count). The number of alkyl halides is 6. The van der Waals surface area contributed by atoms with E-state index in [4.69, 9.17) is 0 Å². The molecule has 1 aromatic carbocycles. The van der Waals surface area contributed by atoms with Gasteiger partial charge in [-0.05, 0) is 18.2 Å². The van der Waals surface area contributed by atoms with Crippen LogP contribution in [0.2, 0.25) is 0 Å². The molecule has 2 N–H and O–H groups in total. The van der Waals surface area contributed by atoms with Crippen LogP contribution in [0.5, 0.6) is 0 Å². The molecule has 7 nitrogen and oxygen atoms in total. The molecule has 0 bridgehead atoms. The average Bonchev–Trinajstić information content (AvgIpc) is 3.19. The number of carbonyl (C=O) groups excluding carboxylic acids is 1. The van der Waals surface area contributed by atoms with Gasteiger partial charge in [0.25, 0.3) is 0 Å². The molecule has 0 unspecified atom stereocenters. The van der Waals surface area contributed by atoms with Crippen molar-refractivity contribution in [3.05, 3.63) is 47.5 Å². The SMILES string of the molecule is O=C(Nc1cc(C(F)(F)F)cc(C(F)(F)F)c1)N1CC(N2CCN(Cc3ncc[nH]3)CC2)C1.